The molecule has 0 bridgehead atoms. The predicted octanol–water partition coefficient (Wildman–Crippen LogP) is 2.65. The van der Waals surface area contributed by atoms with Gasteiger partial charge in [0.2, 0.25) is 0 Å². The van der Waals surface area contributed by atoms with E-state index in [0.29, 0.717) is 16.8 Å². The van der Waals surface area contributed by atoms with Crippen molar-refractivity contribution in [3.8, 4) is 11.3 Å². The highest BCUT2D eigenvalue weighted by atomic mass is 31.2. The number of rotatable bonds is 8. The third-order valence-electron chi connectivity index (χ3n) is 4.71. The molecule has 4 rings (SSSR count). The molecule has 4 aromatic rings. The second-order valence-corrected chi connectivity index (χ2v) is 8.34. The number of nitrogens with zero attached hydrogens (tertiary/aromatic N) is 3. The monoisotopic (exact) mass is 489 g/mol. The van der Waals surface area contributed by atoms with Crippen molar-refractivity contribution >= 4 is 25.1 Å². The number of phosphoric ester groups is 1. The van der Waals surface area contributed by atoms with Crippen molar-refractivity contribution in [2.45, 2.75) is 13.2 Å². The Hall–Kier alpha value is -3.70. The van der Waals surface area contributed by atoms with Gasteiger partial charge in [0.1, 0.15) is 11.4 Å². The molecular weight excluding hydrogens is 471 g/mol. The number of halogens is 2. The van der Waals surface area contributed by atoms with E-state index in [1.54, 1.807) is 24.3 Å². The van der Waals surface area contributed by atoms with Crippen LogP contribution in [0.3, 0.4) is 0 Å². The van der Waals surface area contributed by atoms with Crippen molar-refractivity contribution in [1.29, 1.82) is 0 Å². The number of nitrogens with two attached hydrogens (primary N) is 1. The number of hydrogen-bond acceptors (Lipinski definition) is 8. The van der Waals surface area contributed by atoms with Crippen LogP contribution in [0.5, 0.6) is 0 Å². The van der Waals surface area contributed by atoms with Gasteiger partial charge in [-0.25, -0.2) is 18.3 Å². The summed E-state index contributed by atoms with van der Waals surface area (Å²) >= 11 is 0. The fourth-order valence-corrected chi connectivity index (χ4v) is 3.38. The molecule has 3 heterocycles. The lowest BCUT2D eigenvalue weighted by molar-refractivity contribution is -0.712. The van der Waals surface area contributed by atoms with Gasteiger partial charge in [-0.3, -0.25) is 14.8 Å². The molecule has 34 heavy (non-hydrogen) atoms. The van der Waals surface area contributed by atoms with E-state index < -0.39 is 26.2 Å². The Labute approximate surface area is 191 Å². The van der Waals surface area contributed by atoms with Gasteiger partial charge in [0, 0.05) is 18.7 Å². The summed E-state index contributed by atoms with van der Waals surface area (Å²) in [4.78, 5) is 23.6. The second kappa shape index (κ2) is 9.65. The Morgan fingerprint density at radius 3 is 2.74 bits per heavy atom. The molecule has 1 unspecified atom stereocenters. The maximum absolute atomic E-state index is 14.5. The molecule has 10 nitrogen and oxygen atoms in total. The zero-order valence-corrected chi connectivity index (χ0v) is 18.3. The van der Waals surface area contributed by atoms with E-state index in [4.69, 9.17) is 15.2 Å². The third-order valence-corrected chi connectivity index (χ3v) is 5.15. The Morgan fingerprint density at radius 2 is 2.00 bits per heavy atom. The maximum atomic E-state index is 14.5. The van der Waals surface area contributed by atoms with Crippen molar-refractivity contribution in [3.63, 3.8) is 0 Å². The maximum Gasteiger partial charge on any atom is 0.285 e. The zero-order chi connectivity index (χ0) is 24.3. The van der Waals surface area contributed by atoms with Crippen LogP contribution in [-0.2, 0) is 22.2 Å². The lowest BCUT2D eigenvalue weighted by atomic mass is 10.1. The molecule has 3 aromatic heterocycles. The van der Waals surface area contributed by atoms with E-state index in [1.807, 2.05) is 0 Å². The predicted molar refractivity (Wildman–Crippen MR) is 114 cm³/mol. The summed E-state index contributed by atoms with van der Waals surface area (Å²) in [6.45, 7) is -0.532. The van der Waals surface area contributed by atoms with Gasteiger partial charge in [-0.05, 0) is 35.9 Å². The van der Waals surface area contributed by atoms with Gasteiger partial charge in [-0.1, -0.05) is 17.3 Å². The van der Waals surface area contributed by atoms with Crippen LogP contribution in [0.1, 0.15) is 11.3 Å². The van der Waals surface area contributed by atoms with Crippen LogP contribution in [-0.4, -0.2) is 15.0 Å². The van der Waals surface area contributed by atoms with Crippen LogP contribution in [0.15, 0.2) is 65.4 Å². The minimum absolute atomic E-state index is 0.0999. The average molecular weight is 489 g/mol. The lowest BCUT2D eigenvalue weighted by Gasteiger charge is -2.14. The number of pyridine rings is 2. The van der Waals surface area contributed by atoms with Crippen molar-refractivity contribution in [2.24, 2.45) is 0 Å². The standard InChI is InChI=1S/C21H18F2N5O5P/c22-16-5-1-2-6-18(16)26-21-17(23)9-13(11-25-21)8-14-10-19(33-27-14)15-4-3-7-28(20(15)24)12-32-34(29,30)31/h1-7,9-11,24H,8,12H2,(H3,25,26,29,30,31). The summed E-state index contributed by atoms with van der Waals surface area (Å²) < 4.78 is 50.1. The first-order valence-electron chi connectivity index (χ1n) is 9.78. The molecule has 0 saturated heterocycles. The molecule has 176 valence electrons. The number of phosphoric acid groups is 1. The fraction of sp³-hybridized carbons (Fsp3) is 0.0952. The van der Waals surface area contributed by atoms with Gasteiger partial charge in [0.15, 0.2) is 24.1 Å². The van der Waals surface area contributed by atoms with Crippen LogP contribution in [0.25, 0.3) is 11.3 Å². The molecule has 0 aliphatic carbocycles. The first-order valence-corrected chi connectivity index (χ1v) is 11.3. The molecule has 0 aliphatic rings. The largest absolute Gasteiger partial charge is 0.756 e. The van der Waals surface area contributed by atoms with Crippen LogP contribution in [0.2, 0.25) is 0 Å². The molecule has 1 aromatic carbocycles. The summed E-state index contributed by atoms with van der Waals surface area (Å²) in [5, 5.41) is 6.57. The lowest BCUT2D eigenvalue weighted by Crippen LogP contribution is -2.38. The van der Waals surface area contributed by atoms with Crippen LogP contribution in [0.4, 0.5) is 26.1 Å². The highest BCUT2D eigenvalue weighted by molar-refractivity contribution is 7.44. The smallest absolute Gasteiger partial charge is 0.285 e. The first kappa shape index (κ1) is 23.5. The summed E-state index contributed by atoms with van der Waals surface area (Å²) in [6.07, 6.45) is 3.07. The Morgan fingerprint density at radius 1 is 1.21 bits per heavy atom. The van der Waals surface area contributed by atoms with Crippen molar-refractivity contribution in [3.05, 3.63) is 83.8 Å². The van der Waals surface area contributed by atoms with Gasteiger partial charge in [-0.2, -0.15) is 0 Å². The molecule has 0 radical (unpaired) electrons. The third kappa shape index (κ3) is 5.61. The van der Waals surface area contributed by atoms with Gasteiger partial charge in [-0.15, -0.1) is 0 Å². The molecule has 0 fully saturated rings. The molecule has 0 saturated carbocycles. The Bertz CT molecular complexity index is 1380. The summed E-state index contributed by atoms with van der Waals surface area (Å²) in [5.74, 6) is -0.937. The number of hydrogen-bond donors (Lipinski definition) is 3. The van der Waals surface area contributed by atoms with Crippen molar-refractivity contribution in [2.75, 3.05) is 11.1 Å². The molecule has 13 heteroatoms. The second-order valence-electron chi connectivity index (χ2n) is 7.14. The van der Waals surface area contributed by atoms with Gasteiger partial charge in [0.05, 0.1) is 17.6 Å². The summed E-state index contributed by atoms with van der Waals surface area (Å²) in [7, 11) is -4.92. The first-order chi connectivity index (χ1) is 16.2. The van der Waals surface area contributed by atoms with Crippen molar-refractivity contribution < 1.29 is 36.7 Å². The van der Waals surface area contributed by atoms with Crippen molar-refractivity contribution in [1.82, 2.24) is 10.1 Å². The highest BCUT2D eigenvalue weighted by Crippen LogP contribution is 2.31. The Balaban J connectivity index is 1.49. The minimum atomic E-state index is -4.92. The number of nitrogens with one attached hydrogen (secondary N) is 1. The van der Waals surface area contributed by atoms with Gasteiger partial charge < -0.3 is 19.6 Å². The number of para-hydroxylation sites is 1. The molecule has 0 aliphatic heterocycles. The topological polar surface area (TPSA) is 150 Å². The normalized spacial score (nSPS) is 12.9. The minimum Gasteiger partial charge on any atom is -0.756 e. The Kier molecular flexibility index (Phi) is 6.66. The van der Waals surface area contributed by atoms with E-state index in [-0.39, 0.29) is 29.5 Å². The highest BCUT2D eigenvalue weighted by Gasteiger charge is 2.18. The summed E-state index contributed by atoms with van der Waals surface area (Å²) in [5.41, 5.74) is 7.50. The molecule has 4 N–H and O–H groups in total. The fourth-order valence-electron chi connectivity index (χ4n) is 3.11. The van der Waals surface area contributed by atoms with Gasteiger partial charge in [0.25, 0.3) is 13.6 Å². The SMILES string of the molecule is Nc1c(-c2cc(Cc3cnc(Nc4ccccc4F)c(F)c3)no2)ccc[n+]1COP(=O)([O-])O. The number of aromatic nitrogens is 3. The van der Waals surface area contributed by atoms with E-state index in [0.717, 1.165) is 0 Å². The average Bonchev–Trinajstić information content (AvgIpc) is 3.24. The number of benzene rings is 1. The summed E-state index contributed by atoms with van der Waals surface area (Å²) in [6, 6.07) is 11.9. The zero-order valence-electron chi connectivity index (χ0n) is 17.4. The molecule has 0 spiro atoms. The van der Waals surface area contributed by atoms with Crippen LogP contribution in [0, 0.1) is 11.6 Å². The number of anilines is 3. The van der Waals surface area contributed by atoms with E-state index in [9.17, 15) is 18.2 Å². The van der Waals surface area contributed by atoms with Gasteiger partial charge >= 0.3 is 0 Å². The van der Waals surface area contributed by atoms with E-state index in [1.165, 1.54) is 41.2 Å². The molecule has 1 atom stereocenters. The number of nitrogen functional groups attached to an aromatic ring is 1. The quantitative estimate of drug-likeness (QED) is 0.251. The van der Waals surface area contributed by atoms with Crippen LogP contribution >= 0.6 is 7.82 Å². The van der Waals surface area contributed by atoms with Crippen LogP contribution < -0.4 is 20.5 Å². The van der Waals surface area contributed by atoms with E-state index in [2.05, 4.69) is 20.0 Å². The molecule has 0 amide bonds. The molecular formula is C21H18F2N5O5P. The van der Waals surface area contributed by atoms with E-state index >= 15 is 0 Å².